The molecule has 6 nitrogen and oxygen atoms in total. The lowest BCUT2D eigenvalue weighted by atomic mass is 9.94. The lowest BCUT2D eigenvalue weighted by molar-refractivity contribution is -0.145. The van der Waals surface area contributed by atoms with E-state index in [1.165, 1.54) is 6.92 Å². The average Bonchev–Trinajstić information content (AvgIpc) is 2.74. The Hall–Kier alpha value is -1.59. The predicted octanol–water partition coefficient (Wildman–Crippen LogP) is 0.0135. The van der Waals surface area contributed by atoms with Gasteiger partial charge in [0.15, 0.2) is 0 Å². The van der Waals surface area contributed by atoms with Crippen LogP contribution in [-0.2, 0) is 14.4 Å². The minimum Gasteiger partial charge on any atom is -0.368 e. The third-order valence-corrected chi connectivity index (χ3v) is 3.24. The summed E-state index contributed by atoms with van der Waals surface area (Å²) < 4.78 is 0. The maximum Gasteiger partial charge on any atom is 0.243 e. The van der Waals surface area contributed by atoms with Crippen molar-refractivity contribution in [3.05, 3.63) is 0 Å². The highest BCUT2D eigenvalue weighted by Crippen LogP contribution is 2.25. The van der Waals surface area contributed by atoms with E-state index in [2.05, 4.69) is 5.32 Å². The van der Waals surface area contributed by atoms with Crippen molar-refractivity contribution in [3.8, 4) is 0 Å². The van der Waals surface area contributed by atoms with Crippen LogP contribution >= 0.6 is 0 Å². The fourth-order valence-electron chi connectivity index (χ4n) is 2.09. The molecule has 0 aliphatic carbocycles. The van der Waals surface area contributed by atoms with Gasteiger partial charge in [0.05, 0.1) is 0 Å². The first kappa shape index (κ1) is 15.5. The van der Waals surface area contributed by atoms with Crippen molar-refractivity contribution in [1.82, 2.24) is 10.2 Å². The molecule has 1 rings (SSSR count). The van der Waals surface area contributed by atoms with E-state index in [4.69, 9.17) is 5.73 Å². The van der Waals surface area contributed by atoms with Crippen LogP contribution in [0.1, 0.15) is 40.5 Å². The number of likely N-dealkylation sites (tertiary alicyclic amines) is 1. The number of amides is 3. The van der Waals surface area contributed by atoms with E-state index in [9.17, 15) is 14.4 Å². The molecule has 1 heterocycles. The van der Waals surface area contributed by atoms with Gasteiger partial charge in [-0.05, 0) is 19.8 Å². The zero-order valence-corrected chi connectivity index (χ0v) is 12.0. The fraction of sp³-hybridized carbons (Fsp3) is 0.769. The van der Waals surface area contributed by atoms with Crippen LogP contribution in [0.2, 0.25) is 0 Å². The maximum absolute atomic E-state index is 12.3. The van der Waals surface area contributed by atoms with Crippen molar-refractivity contribution in [2.75, 3.05) is 6.54 Å². The SMILES string of the molecule is C[C@H](NC(=O)[C@H]1CCCN1C(=O)C(C)(C)C)C(N)=O. The highest BCUT2D eigenvalue weighted by atomic mass is 16.2. The van der Waals surface area contributed by atoms with Gasteiger partial charge in [-0.2, -0.15) is 0 Å². The van der Waals surface area contributed by atoms with E-state index >= 15 is 0 Å². The van der Waals surface area contributed by atoms with Gasteiger partial charge in [-0.3, -0.25) is 14.4 Å². The predicted molar refractivity (Wildman–Crippen MR) is 71.0 cm³/mol. The number of nitrogens with two attached hydrogens (primary N) is 1. The van der Waals surface area contributed by atoms with Crippen LogP contribution < -0.4 is 11.1 Å². The summed E-state index contributed by atoms with van der Waals surface area (Å²) in [5.41, 5.74) is 4.60. The topological polar surface area (TPSA) is 92.5 Å². The van der Waals surface area contributed by atoms with Crippen molar-refractivity contribution >= 4 is 17.7 Å². The summed E-state index contributed by atoms with van der Waals surface area (Å²) >= 11 is 0. The van der Waals surface area contributed by atoms with Crippen LogP contribution in [0.15, 0.2) is 0 Å². The van der Waals surface area contributed by atoms with E-state index in [-0.39, 0.29) is 11.8 Å². The Morgan fingerprint density at radius 1 is 1.32 bits per heavy atom. The van der Waals surface area contributed by atoms with Crippen LogP contribution in [0.5, 0.6) is 0 Å². The molecule has 1 aliphatic rings. The van der Waals surface area contributed by atoms with Crippen molar-refractivity contribution < 1.29 is 14.4 Å². The Kier molecular flexibility index (Phi) is 4.55. The summed E-state index contributed by atoms with van der Waals surface area (Å²) in [4.78, 5) is 36.9. The molecule has 0 radical (unpaired) electrons. The maximum atomic E-state index is 12.3. The van der Waals surface area contributed by atoms with Crippen molar-refractivity contribution in [2.24, 2.45) is 11.1 Å². The van der Waals surface area contributed by atoms with Gasteiger partial charge in [0, 0.05) is 12.0 Å². The van der Waals surface area contributed by atoms with Crippen LogP contribution in [0.4, 0.5) is 0 Å². The molecule has 0 saturated carbocycles. The molecular weight excluding hydrogens is 246 g/mol. The molecule has 3 amide bonds. The second kappa shape index (κ2) is 5.59. The minimum atomic E-state index is -0.723. The molecule has 1 saturated heterocycles. The Morgan fingerprint density at radius 3 is 2.37 bits per heavy atom. The molecular formula is C13H23N3O3. The highest BCUT2D eigenvalue weighted by molar-refractivity contribution is 5.92. The monoisotopic (exact) mass is 269 g/mol. The van der Waals surface area contributed by atoms with E-state index in [0.717, 1.165) is 6.42 Å². The van der Waals surface area contributed by atoms with E-state index in [0.29, 0.717) is 13.0 Å². The summed E-state index contributed by atoms with van der Waals surface area (Å²) in [5.74, 6) is -0.932. The molecule has 2 atom stereocenters. The molecule has 3 N–H and O–H groups in total. The summed E-state index contributed by atoms with van der Waals surface area (Å²) in [6.45, 7) is 7.60. The molecule has 1 fully saturated rings. The number of carbonyl (C=O) groups excluding carboxylic acids is 3. The zero-order valence-electron chi connectivity index (χ0n) is 12.0. The molecule has 108 valence electrons. The average molecular weight is 269 g/mol. The van der Waals surface area contributed by atoms with Gasteiger partial charge in [-0.1, -0.05) is 20.8 Å². The molecule has 0 unspecified atom stereocenters. The molecule has 19 heavy (non-hydrogen) atoms. The third-order valence-electron chi connectivity index (χ3n) is 3.24. The van der Waals surface area contributed by atoms with Gasteiger partial charge in [0.1, 0.15) is 12.1 Å². The summed E-state index contributed by atoms with van der Waals surface area (Å²) in [6.07, 6.45) is 1.42. The van der Waals surface area contributed by atoms with Gasteiger partial charge in [0.25, 0.3) is 0 Å². The number of hydrogen-bond acceptors (Lipinski definition) is 3. The number of carbonyl (C=O) groups is 3. The first-order valence-electron chi connectivity index (χ1n) is 6.55. The summed E-state index contributed by atoms with van der Waals surface area (Å²) in [5, 5.41) is 2.55. The van der Waals surface area contributed by atoms with Crippen LogP contribution in [0.3, 0.4) is 0 Å². The standard InChI is InChI=1S/C13H23N3O3/c1-8(10(14)17)15-11(18)9-6-5-7-16(9)12(19)13(2,3)4/h8-9H,5-7H2,1-4H3,(H2,14,17)(H,15,18)/t8-,9+/m0/s1. The lowest BCUT2D eigenvalue weighted by Gasteiger charge is -2.30. The zero-order chi connectivity index (χ0) is 14.8. The second-order valence-corrected chi connectivity index (χ2v) is 6.04. The smallest absolute Gasteiger partial charge is 0.243 e. The van der Waals surface area contributed by atoms with Crippen LogP contribution in [0.25, 0.3) is 0 Å². The molecule has 1 aliphatic heterocycles. The Labute approximate surface area is 113 Å². The van der Waals surface area contributed by atoms with Crippen LogP contribution in [0, 0.1) is 5.41 Å². The first-order valence-corrected chi connectivity index (χ1v) is 6.55. The second-order valence-electron chi connectivity index (χ2n) is 6.04. The molecule has 0 spiro atoms. The normalized spacial score (nSPS) is 21.1. The van der Waals surface area contributed by atoms with Crippen molar-refractivity contribution in [3.63, 3.8) is 0 Å². The molecule has 0 aromatic rings. The summed E-state index contributed by atoms with van der Waals surface area (Å²) in [6, 6.07) is -1.21. The summed E-state index contributed by atoms with van der Waals surface area (Å²) in [7, 11) is 0. The molecule has 0 aromatic heterocycles. The van der Waals surface area contributed by atoms with Crippen molar-refractivity contribution in [1.29, 1.82) is 0 Å². The van der Waals surface area contributed by atoms with E-state index in [1.54, 1.807) is 4.90 Å². The van der Waals surface area contributed by atoms with Gasteiger partial charge < -0.3 is 16.0 Å². The third kappa shape index (κ3) is 3.68. The Balaban J connectivity index is 2.74. The Bertz CT molecular complexity index is 387. The number of primary amides is 1. The van der Waals surface area contributed by atoms with Crippen LogP contribution in [-0.4, -0.2) is 41.2 Å². The fourth-order valence-corrected chi connectivity index (χ4v) is 2.09. The number of rotatable bonds is 3. The minimum absolute atomic E-state index is 0.0446. The molecule has 0 bridgehead atoms. The first-order chi connectivity index (χ1) is 8.64. The number of nitrogens with one attached hydrogen (secondary N) is 1. The number of nitrogens with zero attached hydrogens (tertiary/aromatic N) is 1. The van der Waals surface area contributed by atoms with Gasteiger partial charge >= 0.3 is 0 Å². The van der Waals surface area contributed by atoms with Crippen molar-refractivity contribution in [2.45, 2.75) is 52.6 Å². The highest BCUT2D eigenvalue weighted by Gasteiger charge is 2.38. The Morgan fingerprint density at radius 2 is 1.89 bits per heavy atom. The van der Waals surface area contributed by atoms with Gasteiger partial charge in [-0.15, -0.1) is 0 Å². The molecule has 0 aromatic carbocycles. The van der Waals surface area contributed by atoms with Gasteiger partial charge in [0.2, 0.25) is 17.7 Å². The largest absolute Gasteiger partial charge is 0.368 e. The number of hydrogen-bond donors (Lipinski definition) is 2. The van der Waals surface area contributed by atoms with E-state index in [1.807, 2.05) is 20.8 Å². The van der Waals surface area contributed by atoms with E-state index < -0.39 is 23.4 Å². The lowest BCUT2D eigenvalue weighted by Crippen LogP contribution is -2.53. The molecule has 6 heteroatoms. The quantitative estimate of drug-likeness (QED) is 0.756. The van der Waals surface area contributed by atoms with Gasteiger partial charge in [-0.25, -0.2) is 0 Å².